The van der Waals surface area contributed by atoms with E-state index in [4.69, 9.17) is 10.5 Å². The predicted octanol–water partition coefficient (Wildman–Crippen LogP) is 3.19. The standard InChI is InChI=1S/C14H16N2O/c1-2-13(12-8-5-6-10-16-12)17-14-9-4-3-7-11(14)15/h3-10,13H,2,15H2,1H3. The Labute approximate surface area is 101 Å². The molecule has 3 heteroatoms. The third-order valence-corrected chi connectivity index (χ3v) is 2.58. The van der Waals surface area contributed by atoms with Crippen molar-refractivity contribution in [1.82, 2.24) is 4.98 Å². The number of para-hydroxylation sites is 2. The minimum Gasteiger partial charge on any atom is -0.482 e. The van der Waals surface area contributed by atoms with Crippen molar-refractivity contribution in [3.05, 3.63) is 54.4 Å². The number of pyridine rings is 1. The number of aromatic nitrogens is 1. The van der Waals surface area contributed by atoms with E-state index >= 15 is 0 Å². The number of nitrogens with two attached hydrogens (primary N) is 1. The van der Waals surface area contributed by atoms with Gasteiger partial charge in [0.15, 0.2) is 0 Å². The Bertz CT molecular complexity index is 471. The van der Waals surface area contributed by atoms with Gasteiger partial charge in [-0.3, -0.25) is 4.98 Å². The second kappa shape index (κ2) is 5.34. The third kappa shape index (κ3) is 2.75. The molecule has 88 valence electrons. The highest BCUT2D eigenvalue weighted by Gasteiger charge is 2.13. The van der Waals surface area contributed by atoms with Crippen LogP contribution in [0.3, 0.4) is 0 Å². The molecule has 2 rings (SSSR count). The SMILES string of the molecule is CCC(Oc1ccccc1N)c1ccccn1. The zero-order valence-corrected chi connectivity index (χ0v) is 9.84. The zero-order valence-electron chi connectivity index (χ0n) is 9.84. The Hall–Kier alpha value is -2.03. The fourth-order valence-corrected chi connectivity index (χ4v) is 1.66. The number of nitrogen functional groups attached to an aromatic ring is 1. The predicted molar refractivity (Wildman–Crippen MR) is 68.8 cm³/mol. The Morgan fingerprint density at radius 3 is 2.59 bits per heavy atom. The molecule has 0 aliphatic heterocycles. The van der Waals surface area contributed by atoms with Gasteiger partial charge in [0, 0.05) is 6.20 Å². The number of nitrogens with zero attached hydrogens (tertiary/aromatic N) is 1. The van der Waals surface area contributed by atoms with Crippen molar-refractivity contribution in [3.8, 4) is 5.75 Å². The normalized spacial score (nSPS) is 12.1. The maximum atomic E-state index is 5.89. The molecule has 0 saturated heterocycles. The molecule has 0 aliphatic carbocycles. The van der Waals surface area contributed by atoms with Crippen LogP contribution in [0.4, 0.5) is 5.69 Å². The van der Waals surface area contributed by atoms with Crippen LogP contribution in [0.2, 0.25) is 0 Å². The Kier molecular flexibility index (Phi) is 3.60. The summed E-state index contributed by atoms with van der Waals surface area (Å²) in [6.45, 7) is 2.07. The van der Waals surface area contributed by atoms with Crippen molar-refractivity contribution in [1.29, 1.82) is 0 Å². The second-order valence-electron chi connectivity index (χ2n) is 3.81. The first-order chi connectivity index (χ1) is 8.31. The average Bonchev–Trinajstić information content (AvgIpc) is 2.39. The highest BCUT2D eigenvalue weighted by Crippen LogP contribution is 2.27. The summed E-state index contributed by atoms with van der Waals surface area (Å²) in [4.78, 5) is 4.31. The van der Waals surface area contributed by atoms with E-state index in [1.165, 1.54) is 0 Å². The first-order valence-corrected chi connectivity index (χ1v) is 5.73. The van der Waals surface area contributed by atoms with E-state index in [0.717, 1.165) is 12.1 Å². The zero-order chi connectivity index (χ0) is 12.1. The molecule has 0 fully saturated rings. The lowest BCUT2D eigenvalue weighted by Crippen LogP contribution is -2.09. The van der Waals surface area contributed by atoms with E-state index < -0.39 is 0 Å². The summed E-state index contributed by atoms with van der Waals surface area (Å²) in [6.07, 6.45) is 2.57. The molecule has 17 heavy (non-hydrogen) atoms. The fourth-order valence-electron chi connectivity index (χ4n) is 1.66. The summed E-state index contributed by atoms with van der Waals surface area (Å²) < 4.78 is 5.89. The van der Waals surface area contributed by atoms with Gasteiger partial charge in [0.2, 0.25) is 0 Å². The van der Waals surface area contributed by atoms with Crippen molar-refractivity contribution >= 4 is 5.69 Å². The smallest absolute Gasteiger partial charge is 0.143 e. The van der Waals surface area contributed by atoms with E-state index in [-0.39, 0.29) is 6.10 Å². The molecule has 0 spiro atoms. The molecular formula is C14H16N2O. The lowest BCUT2D eigenvalue weighted by atomic mass is 10.2. The lowest BCUT2D eigenvalue weighted by molar-refractivity contribution is 0.198. The van der Waals surface area contributed by atoms with Crippen LogP contribution in [0.5, 0.6) is 5.75 Å². The van der Waals surface area contributed by atoms with Crippen molar-refractivity contribution in [2.45, 2.75) is 19.4 Å². The minimum absolute atomic E-state index is 0.0547. The van der Waals surface area contributed by atoms with Gasteiger partial charge >= 0.3 is 0 Å². The average molecular weight is 228 g/mol. The highest BCUT2D eigenvalue weighted by molar-refractivity contribution is 5.52. The van der Waals surface area contributed by atoms with Gasteiger partial charge in [-0.2, -0.15) is 0 Å². The summed E-state index contributed by atoms with van der Waals surface area (Å²) in [5.74, 6) is 0.713. The number of rotatable bonds is 4. The van der Waals surface area contributed by atoms with Crippen molar-refractivity contribution < 1.29 is 4.74 Å². The molecule has 1 aromatic carbocycles. The Morgan fingerprint density at radius 2 is 1.94 bits per heavy atom. The van der Waals surface area contributed by atoms with Gasteiger partial charge in [-0.1, -0.05) is 25.1 Å². The van der Waals surface area contributed by atoms with Gasteiger partial charge in [-0.15, -0.1) is 0 Å². The summed E-state index contributed by atoms with van der Waals surface area (Å²) in [6, 6.07) is 13.3. The van der Waals surface area contributed by atoms with Gasteiger partial charge in [-0.05, 0) is 30.7 Å². The molecule has 2 aromatic rings. The second-order valence-corrected chi connectivity index (χ2v) is 3.81. The van der Waals surface area contributed by atoms with Gasteiger partial charge in [-0.25, -0.2) is 0 Å². The van der Waals surface area contributed by atoms with Crippen LogP contribution < -0.4 is 10.5 Å². The van der Waals surface area contributed by atoms with Gasteiger partial charge in [0.05, 0.1) is 11.4 Å². The van der Waals surface area contributed by atoms with Crippen LogP contribution in [-0.2, 0) is 0 Å². The molecule has 0 amide bonds. The molecule has 0 bridgehead atoms. The van der Waals surface area contributed by atoms with Crippen LogP contribution in [0, 0.1) is 0 Å². The summed E-state index contributed by atoms with van der Waals surface area (Å²) in [5.41, 5.74) is 7.44. The third-order valence-electron chi connectivity index (χ3n) is 2.58. The van der Waals surface area contributed by atoms with Crippen LogP contribution in [0.15, 0.2) is 48.7 Å². The number of anilines is 1. The number of hydrogen-bond acceptors (Lipinski definition) is 3. The molecule has 3 nitrogen and oxygen atoms in total. The summed E-state index contributed by atoms with van der Waals surface area (Å²) in [7, 11) is 0. The lowest BCUT2D eigenvalue weighted by Gasteiger charge is -2.18. The van der Waals surface area contributed by atoms with Crippen molar-refractivity contribution in [2.75, 3.05) is 5.73 Å². The van der Waals surface area contributed by atoms with E-state index in [1.807, 2.05) is 42.5 Å². The maximum Gasteiger partial charge on any atom is 0.143 e. The quantitative estimate of drug-likeness (QED) is 0.817. The van der Waals surface area contributed by atoms with Gasteiger partial charge < -0.3 is 10.5 Å². The first-order valence-electron chi connectivity index (χ1n) is 5.73. The van der Waals surface area contributed by atoms with Crippen LogP contribution in [0.1, 0.15) is 25.1 Å². The molecule has 0 aliphatic rings. The van der Waals surface area contributed by atoms with Crippen LogP contribution in [-0.4, -0.2) is 4.98 Å². The molecular weight excluding hydrogens is 212 g/mol. The van der Waals surface area contributed by atoms with E-state index in [0.29, 0.717) is 11.4 Å². The molecule has 1 heterocycles. The first kappa shape index (κ1) is 11.5. The molecule has 0 saturated carbocycles. The van der Waals surface area contributed by atoms with Crippen molar-refractivity contribution in [2.24, 2.45) is 0 Å². The fraction of sp³-hybridized carbons (Fsp3) is 0.214. The monoisotopic (exact) mass is 228 g/mol. The number of hydrogen-bond donors (Lipinski definition) is 1. The largest absolute Gasteiger partial charge is 0.482 e. The summed E-state index contributed by atoms with van der Waals surface area (Å²) in [5, 5.41) is 0. The number of benzene rings is 1. The van der Waals surface area contributed by atoms with E-state index in [9.17, 15) is 0 Å². The van der Waals surface area contributed by atoms with Gasteiger partial charge in [0.1, 0.15) is 11.9 Å². The summed E-state index contributed by atoms with van der Waals surface area (Å²) >= 11 is 0. The van der Waals surface area contributed by atoms with Crippen LogP contribution in [0.25, 0.3) is 0 Å². The number of ether oxygens (including phenoxy) is 1. The topological polar surface area (TPSA) is 48.1 Å². The highest BCUT2D eigenvalue weighted by atomic mass is 16.5. The Morgan fingerprint density at radius 1 is 1.18 bits per heavy atom. The van der Waals surface area contributed by atoms with Gasteiger partial charge in [0.25, 0.3) is 0 Å². The van der Waals surface area contributed by atoms with Crippen molar-refractivity contribution in [3.63, 3.8) is 0 Å². The molecule has 1 aromatic heterocycles. The van der Waals surface area contributed by atoms with Crippen LogP contribution >= 0.6 is 0 Å². The Balaban J connectivity index is 2.19. The molecule has 0 radical (unpaired) electrons. The van der Waals surface area contributed by atoms with E-state index in [1.54, 1.807) is 6.20 Å². The molecule has 1 unspecified atom stereocenters. The molecule has 2 N–H and O–H groups in total. The molecule has 1 atom stereocenters. The minimum atomic E-state index is -0.0547. The maximum absolute atomic E-state index is 5.89. The van der Waals surface area contributed by atoms with E-state index in [2.05, 4.69) is 11.9 Å².